The zero-order chi connectivity index (χ0) is 13.9. The second kappa shape index (κ2) is 5.42. The molecule has 0 aromatic carbocycles. The van der Waals surface area contributed by atoms with E-state index in [1.54, 1.807) is 6.07 Å². The number of rotatable bonds is 6. The number of carboxylic acid groups (broad SMARTS) is 1. The highest BCUT2D eigenvalue weighted by Crippen LogP contribution is 2.38. The molecule has 0 aliphatic heterocycles. The summed E-state index contributed by atoms with van der Waals surface area (Å²) in [4.78, 5) is 19.1. The van der Waals surface area contributed by atoms with Gasteiger partial charge in [-0.15, -0.1) is 0 Å². The van der Waals surface area contributed by atoms with Gasteiger partial charge in [-0.05, 0) is 33.1 Å². The van der Waals surface area contributed by atoms with Crippen molar-refractivity contribution in [3.63, 3.8) is 0 Å². The second-order valence-corrected chi connectivity index (χ2v) is 5.24. The van der Waals surface area contributed by atoms with Gasteiger partial charge < -0.3 is 15.2 Å². The van der Waals surface area contributed by atoms with Crippen LogP contribution in [-0.4, -0.2) is 32.7 Å². The first-order valence-corrected chi connectivity index (χ1v) is 6.48. The summed E-state index contributed by atoms with van der Waals surface area (Å²) in [6, 6.07) is 1.71. The molecule has 1 aromatic heterocycles. The molecule has 0 atom stereocenters. The minimum absolute atomic E-state index is 0.0411. The van der Waals surface area contributed by atoms with Gasteiger partial charge in [0.05, 0.1) is 12.5 Å². The topological polar surface area (TPSA) is 84.3 Å². The van der Waals surface area contributed by atoms with Crippen molar-refractivity contribution in [3.8, 4) is 5.88 Å². The van der Waals surface area contributed by atoms with E-state index in [9.17, 15) is 4.79 Å². The van der Waals surface area contributed by atoms with Crippen LogP contribution in [0.4, 0.5) is 5.82 Å². The van der Waals surface area contributed by atoms with Crippen molar-refractivity contribution in [3.05, 3.63) is 12.4 Å². The molecule has 6 nitrogen and oxygen atoms in total. The molecule has 0 unspecified atom stereocenters. The van der Waals surface area contributed by atoms with E-state index < -0.39 is 5.97 Å². The van der Waals surface area contributed by atoms with Gasteiger partial charge in [-0.3, -0.25) is 4.79 Å². The number of aromatic nitrogens is 2. The Kier molecular flexibility index (Phi) is 3.87. The van der Waals surface area contributed by atoms with Gasteiger partial charge in [0.15, 0.2) is 0 Å². The number of hydrogen-bond acceptors (Lipinski definition) is 5. The molecular weight excluding hydrogens is 246 g/mol. The zero-order valence-corrected chi connectivity index (χ0v) is 11.2. The highest BCUT2D eigenvalue weighted by molar-refractivity contribution is 5.69. The van der Waals surface area contributed by atoms with Crippen LogP contribution in [0.5, 0.6) is 5.88 Å². The summed E-state index contributed by atoms with van der Waals surface area (Å²) in [5.74, 6) is 0.323. The van der Waals surface area contributed by atoms with Crippen LogP contribution >= 0.6 is 0 Å². The maximum absolute atomic E-state index is 10.9. The number of nitrogens with zero attached hydrogens (tertiary/aromatic N) is 2. The first-order valence-electron chi connectivity index (χ1n) is 6.48. The summed E-state index contributed by atoms with van der Waals surface area (Å²) >= 11 is 0. The Bertz CT molecular complexity index is 458. The van der Waals surface area contributed by atoms with Crippen LogP contribution in [-0.2, 0) is 4.79 Å². The Morgan fingerprint density at radius 3 is 2.79 bits per heavy atom. The van der Waals surface area contributed by atoms with Crippen molar-refractivity contribution >= 4 is 11.8 Å². The van der Waals surface area contributed by atoms with Gasteiger partial charge in [-0.2, -0.15) is 0 Å². The highest BCUT2D eigenvalue weighted by atomic mass is 16.5. The standard InChI is InChI=1S/C13H19N3O3/c1-9(2)19-11-6-10(14-8-15-11)16-13(4-3-5-13)7-12(17)18/h6,8-9H,3-5,7H2,1-2H3,(H,17,18)(H,14,15,16). The summed E-state index contributed by atoms with van der Waals surface area (Å²) in [6.07, 6.45) is 4.32. The van der Waals surface area contributed by atoms with Crippen LogP contribution in [0.3, 0.4) is 0 Å². The van der Waals surface area contributed by atoms with E-state index in [0.29, 0.717) is 11.7 Å². The molecule has 0 bridgehead atoms. The van der Waals surface area contributed by atoms with Crippen LogP contribution in [0.1, 0.15) is 39.5 Å². The molecule has 19 heavy (non-hydrogen) atoms. The average molecular weight is 265 g/mol. The Labute approximate surface area is 112 Å². The smallest absolute Gasteiger partial charge is 0.305 e. The van der Waals surface area contributed by atoms with Crippen molar-refractivity contribution in [2.75, 3.05) is 5.32 Å². The van der Waals surface area contributed by atoms with E-state index in [1.807, 2.05) is 13.8 Å². The van der Waals surface area contributed by atoms with E-state index in [1.165, 1.54) is 6.33 Å². The molecule has 104 valence electrons. The number of ether oxygens (including phenoxy) is 1. The van der Waals surface area contributed by atoms with Crippen LogP contribution in [0.15, 0.2) is 12.4 Å². The Balaban J connectivity index is 2.07. The number of nitrogens with one attached hydrogen (secondary N) is 1. The molecule has 1 aromatic rings. The predicted octanol–water partition coefficient (Wildman–Crippen LogP) is 2.07. The maximum atomic E-state index is 10.9. The van der Waals surface area contributed by atoms with Crippen molar-refractivity contribution in [2.24, 2.45) is 0 Å². The van der Waals surface area contributed by atoms with Crippen LogP contribution in [0.2, 0.25) is 0 Å². The predicted molar refractivity (Wildman–Crippen MR) is 70.3 cm³/mol. The first-order chi connectivity index (χ1) is 8.99. The summed E-state index contributed by atoms with van der Waals surface area (Å²) < 4.78 is 5.49. The third-order valence-corrected chi connectivity index (χ3v) is 3.19. The summed E-state index contributed by atoms with van der Waals surface area (Å²) in [5, 5.41) is 12.2. The SMILES string of the molecule is CC(C)Oc1cc(NC2(CC(=O)O)CCC2)ncn1. The van der Waals surface area contributed by atoms with Crippen LogP contribution in [0, 0.1) is 0 Å². The molecule has 0 amide bonds. The molecule has 0 spiro atoms. The fourth-order valence-corrected chi connectivity index (χ4v) is 2.22. The molecule has 6 heteroatoms. The number of aliphatic carboxylic acids is 1. The van der Waals surface area contributed by atoms with Crippen molar-refractivity contribution in [1.82, 2.24) is 9.97 Å². The normalized spacial score (nSPS) is 16.8. The minimum Gasteiger partial charge on any atom is -0.481 e. The largest absolute Gasteiger partial charge is 0.481 e. The maximum Gasteiger partial charge on any atom is 0.305 e. The Morgan fingerprint density at radius 2 is 2.26 bits per heavy atom. The molecule has 1 aliphatic rings. The van der Waals surface area contributed by atoms with E-state index in [2.05, 4.69) is 15.3 Å². The van der Waals surface area contributed by atoms with Gasteiger partial charge in [0.1, 0.15) is 12.1 Å². The highest BCUT2D eigenvalue weighted by Gasteiger charge is 2.39. The van der Waals surface area contributed by atoms with Crippen molar-refractivity contribution in [1.29, 1.82) is 0 Å². The van der Waals surface area contributed by atoms with Gasteiger partial charge in [-0.1, -0.05) is 0 Å². The fraction of sp³-hybridized carbons (Fsp3) is 0.615. The van der Waals surface area contributed by atoms with Gasteiger partial charge >= 0.3 is 5.97 Å². The molecular formula is C13H19N3O3. The van der Waals surface area contributed by atoms with Crippen LogP contribution in [0.25, 0.3) is 0 Å². The Morgan fingerprint density at radius 1 is 1.53 bits per heavy atom. The van der Waals surface area contributed by atoms with E-state index in [4.69, 9.17) is 9.84 Å². The quantitative estimate of drug-likeness (QED) is 0.819. The summed E-state index contributed by atoms with van der Waals surface area (Å²) in [5.41, 5.74) is -0.366. The monoisotopic (exact) mass is 265 g/mol. The van der Waals surface area contributed by atoms with Gasteiger partial charge in [0.25, 0.3) is 0 Å². The molecule has 1 aliphatic carbocycles. The van der Waals surface area contributed by atoms with E-state index >= 15 is 0 Å². The lowest BCUT2D eigenvalue weighted by Crippen LogP contribution is -2.47. The van der Waals surface area contributed by atoms with Crippen LogP contribution < -0.4 is 10.1 Å². The third kappa shape index (κ3) is 3.56. The fourth-order valence-electron chi connectivity index (χ4n) is 2.22. The third-order valence-electron chi connectivity index (χ3n) is 3.19. The first kappa shape index (κ1) is 13.6. The lowest BCUT2D eigenvalue weighted by atomic mass is 9.74. The van der Waals surface area contributed by atoms with E-state index in [0.717, 1.165) is 19.3 Å². The number of carboxylic acids is 1. The molecule has 1 fully saturated rings. The average Bonchev–Trinajstić information content (AvgIpc) is 2.25. The molecule has 0 saturated heterocycles. The molecule has 2 N–H and O–H groups in total. The second-order valence-electron chi connectivity index (χ2n) is 5.24. The molecule has 1 heterocycles. The van der Waals surface area contributed by atoms with E-state index in [-0.39, 0.29) is 18.1 Å². The van der Waals surface area contributed by atoms with Gasteiger partial charge in [0.2, 0.25) is 5.88 Å². The minimum atomic E-state index is -0.792. The van der Waals surface area contributed by atoms with Crippen molar-refractivity contribution < 1.29 is 14.6 Å². The summed E-state index contributed by atoms with van der Waals surface area (Å²) in [7, 11) is 0. The number of anilines is 1. The lowest BCUT2D eigenvalue weighted by Gasteiger charge is -2.41. The zero-order valence-electron chi connectivity index (χ0n) is 11.2. The molecule has 1 saturated carbocycles. The van der Waals surface area contributed by atoms with Gasteiger partial charge in [0, 0.05) is 11.6 Å². The number of hydrogen-bond donors (Lipinski definition) is 2. The number of carbonyl (C=O) groups is 1. The lowest BCUT2D eigenvalue weighted by molar-refractivity contribution is -0.138. The summed E-state index contributed by atoms with van der Waals surface area (Å²) in [6.45, 7) is 3.85. The van der Waals surface area contributed by atoms with Crippen molar-refractivity contribution in [2.45, 2.75) is 51.2 Å². The molecule has 0 radical (unpaired) electrons. The Hall–Kier alpha value is -1.85. The molecule has 2 rings (SSSR count). The van der Waals surface area contributed by atoms with Gasteiger partial charge in [-0.25, -0.2) is 9.97 Å².